The average Bonchev–Trinajstić information content (AvgIpc) is 3.28. The minimum atomic E-state index is -2.88. The molecular weight excluding hydrogens is 426 g/mol. The predicted molar refractivity (Wildman–Crippen MR) is 123 cm³/mol. The zero-order valence-electron chi connectivity index (χ0n) is 18.4. The number of nitrogens with one attached hydrogen (secondary N) is 1. The molecule has 1 N–H and O–H groups in total. The number of nitrogens with zero attached hydrogens (tertiary/aromatic N) is 4. The summed E-state index contributed by atoms with van der Waals surface area (Å²) in [4.78, 5) is 15.2. The molecular formula is C23H31N5O3S. The Labute approximate surface area is 189 Å². The van der Waals surface area contributed by atoms with Crippen molar-refractivity contribution in [1.82, 2.24) is 19.7 Å². The molecule has 2 saturated heterocycles. The van der Waals surface area contributed by atoms with Crippen LogP contribution >= 0.6 is 0 Å². The third-order valence-electron chi connectivity index (χ3n) is 7.12. The molecule has 172 valence electrons. The molecule has 0 radical (unpaired) electrons. The number of carbonyl (C=O) groups is 1. The lowest BCUT2D eigenvalue weighted by atomic mass is 9.94. The number of rotatable bonds is 4. The number of likely N-dealkylation sites (tertiary alicyclic amines) is 1. The highest BCUT2D eigenvalue weighted by molar-refractivity contribution is 7.91. The van der Waals surface area contributed by atoms with Crippen molar-refractivity contribution in [1.29, 1.82) is 0 Å². The number of aryl methyl sites for hydroxylation is 1. The van der Waals surface area contributed by atoms with Crippen LogP contribution in [0.25, 0.3) is 11.4 Å². The van der Waals surface area contributed by atoms with Gasteiger partial charge in [-0.3, -0.25) is 9.69 Å². The van der Waals surface area contributed by atoms with E-state index in [4.69, 9.17) is 0 Å². The van der Waals surface area contributed by atoms with Gasteiger partial charge in [0.15, 0.2) is 15.7 Å². The van der Waals surface area contributed by atoms with Gasteiger partial charge in [0, 0.05) is 36.2 Å². The molecule has 1 aromatic carbocycles. The fourth-order valence-corrected chi connectivity index (χ4v) is 7.03. The van der Waals surface area contributed by atoms with Crippen molar-refractivity contribution < 1.29 is 13.2 Å². The summed E-state index contributed by atoms with van der Waals surface area (Å²) in [5.41, 5.74) is 1.75. The van der Waals surface area contributed by atoms with Crippen molar-refractivity contribution in [3.63, 3.8) is 0 Å². The lowest BCUT2D eigenvalue weighted by Gasteiger charge is -2.34. The summed E-state index contributed by atoms with van der Waals surface area (Å²) in [6.07, 6.45) is 6.73. The smallest absolute Gasteiger partial charge is 0.227 e. The maximum atomic E-state index is 12.9. The van der Waals surface area contributed by atoms with Gasteiger partial charge in [0.1, 0.15) is 5.82 Å². The fourth-order valence-electron chi connectivity index (χ4n) is 5.27. The molecule has 1 amide bonds. The molecule has 2 fully saturated rings. The van der Waals surface area contributed by atoms with Crippen molar-refractivity contribution in [3.05, 3.63) is 30.1 Å². The van der Waals surface area contributed by atoms with E-state index in [9.17, 15) is 13.2 Å². The SMILES string of the molecule is O=C(Nc1cccc(-c2nnc3n2CCCCC3)c1)C1CCN(C2CCS(=O)(=O)C2)CC1. The standard InChI is InChI=1S/C23H31N5O3S/c29-23(17-8-12-27(13-9-17)20-10-14-32(30,31)16-20)24-19-6-4-5-18(15-19)22-26-25-21-7-2-1-3-11-28(21)22/h4-6,15,17,20H,1-3,7-14,16H2,(H,24,29). The first-order valence-electron chi connectivity index (χ1n) is 11.8. The largest absolute Gasteiger partial charge is 0.326 e. The molecule has 0 saturated carbocycles. The van der Waals surface area contributed by atoms with Gasteiger partial charge in [-0.2, -0.15) is 0 Å². The quantitative estimate of drug-likeness (QED) is 0.758. The Kier molecular flexibility index (Phi) is 6.03. The molecule has 1 unspecified atom stereocenters. The highest BCUT2D eigenvalue weighted by Crippen LogP contribution is 2.27. The van der Waals surface area contributed by atoms with Crippen molar-refractivity contribution in [3.8, 4) is 11.4 Å². The normalized spacial score (nSPS) is 24.1. The van der Waals surface area contributed by atoms with Crippen LogP contribution in [0.15, 0.2) is 24.3 Å². The monoisotopic (exact) mass is 457 g/mol. The number of hydrogen-bond acceptors (Lipinski definition) is 6. The van der Waals surface area contributed by atoms with E-state index in [0.29, 0.717) is 5.75 Å². The van der Waals surface area contributed by atoms with Crippen molar-refractivity contribution in [2.75, 3.05) is 29.9 Å². The summed E-state index contributed by atoms with van der Waals surface area (Å²) in [7, 11) is -2.88. The molecule has 32 heavy (non-hydrogen) atoms. The summed E-state index contributed by atoms with van der Waals surface area (Å²) in [6.45, 7) is 2.50. The number of amides is 1. The zero-order chi connectivity index (χ0) is 22.1. The molecule has 5 rings (SSSR count). The van der Waals surface area contributed by atoms with E-state index >= 15 is 0 Å². The summed E-state index contributed by atoms with van der Waals surface area (Å²) < 4.78 is 25.8. The predicted octanol–water partition coefficient (Wildman–Crippen LogP) is 2.51. The average molecular weight is 458 g/mol. The number of benzene rings is 1. The molecule has 2 aromatic rings. The van der Waals surface area contributed by atoms with E-state index < -0.39 is 9.84 Å². The summed E-state index contributed by atoms with van der Waals surface area (Å²) in [5.74, 6) is 2.48. The van der Waals surface area contributed by atoms with Gasteiger partial charge in [-0.1, -0.05) is 18.6 Å². The topological polar surface area (TPSA) is 97.2 Å². The number of piperidine rings is 1. The molecule has 1 aromatic heterocycles. The highest BCUT2D eigenvalue weighted by atomic mass is 32.2. The fraction of sp³-hybridized carbons (Fsp3) is 0.609. The van der Waals surface area contributed by atoms with Gasteiger partial charge in [-0.25, -0.2) is 8.42 Å². The maximum Gasteiger partial charge on any atom is 0.227 e. The van der Waals surface area contributed by atoms with Crippen molar-refractivity contribution in [2.45, 2.75) is 57.5 Å². The van der Waals surface area contributed by atoms with Crippen LogP contribution in [-0.2, 0) is 27.6 Å². The molecule has 9 heteroatoms. The Hall–Kier alpha value is -2.26. The number of carbonyl (C=O) groups excluding carboxylic acids is 1. The van der Waals surface area contributed by atoms with E-state index in [-0.39, 0.29) is 23.6 Å². The van der Waals surface area contributed by atoms with Gasteiger partial charge in [0.2, 0.25) is 5.91 Å². The van der Waals surface area contributed by atoms with Crippen LogP contribution in [0.1, 0.15) is 44.3 Å². The second-order valence-corrected chi connectivity index (χ2v) is 11.6. The van der Waals surface area contributed by atoms with Gasteiger partial charge in [-0.15, -0.1) is 10.2 Å². The second kappa shape index (κ2) is 8.94. The molecule has 4 heterocycles. The lowest BCUT2D eigenvalue weighted by Crippen LogP contribution is -2.44. The Morgan fingerprint density at radius 2 is 1.88 bits per heavy atom. The summed E-state index contributed by atoms with van der Waals surface area (Å²) in [5, 5.41) is 11.9. The maximum absolute atomic E-state index is 12.9. The number of hydrogen-bond donors (Lipinski definition) is 1. The molecule has 3 aliphatic rings. The zero-order valence-corrected chi connectivity index (χ0v) is 19.2. The second-order valence-electron chi connectivity index (χ2n) is 9.34. The van der Waals surface area contributed by atoms with E-state index in [0.717, 1.165) is 81.1 Å². The van der Waals surface area contributed by atoms with Crippen molar-refractivity contribution in [2.24, 2.45) is 5.92 Å². The van der Waals surface area contributed by atoms with E-state index in [1.165, 1.54) is 6.42 Å². The van der Waals surface area contributed by atoms with Crippen molar-refractivity contribution >= 4 is 21.4 Å². The van der Waals surface area contributed by atoms with E-state index in [1.807, 2.05) is 24.3 Å². The Morgan fingerprint density at radius 3 is 2.66 bits per heavy atom. The highest BCUT2D eigenvalue weighted by Gasteiger charge is 2.35. The van der Waals surface area contributed by atoms with Gasteiger partial charge in [0.05, 0.1) is 11.5 Å². The Balaban J connectivity index is 1.21. The molecule has 0 aliphatic carbocycles. The number of sulfone groups is 1. The molecule has 8 nitrogen and oxygen atoms in total. The first-order valence-corrected chi connectivity index (χ1v) is 13.6. The molecule has 1 atom stereocenters. The number of anilines is 1. The Bertz CT molecular complexity index is 1090. The third kappa shape index (κ3) is 4.59. The minimum absolute atomic E-state index is 0.0425. The van der Waals surface area contributed by atoms with Crippen LogP contribution in [0, 0.1) is 5.92 Å². The van der Waals surface area contributed by atoms with Gasteiger partial charge < -0.3 is 9.88 Å². The van der Waals surface area contributed by atoms with Gasteiger partial charge in [0.25, 0.3) is 0 Å². The van der Waals surface area contributed by atoms with Crippen LogP contribution in [0.4, 0.5) is 5.69 Å². The van der Waals surface area contributed by atoms with Crippen LogP contribution < -0.4 is 5.32 Å². The Morgan fingerprint density at radius 1 is 1.03 bits per heavy atom. The van der Waals surface area contributed by atoms with Crippen LogP contribution in [0.3, 0.4) is 0 Å². The van der Waals surface area contributed by atoms with E-state index in [2.05, 4.69) is 25.0 Å². The number of aromatic nitrogens is 3. The van der Waals surface area contributed by atoms with E-state index in [1.54, 1.807) is 0 Å². The molecule has 0 bridgehead atoms. The summed E-state index contributed by atoms with van der Waals surface area (Å²) >= 11 is 0. The molecule has 0 spiro atoms. The van der Waals surface area contributed by atoms with Gasteiger partial charge >= 0.3 is 0 Å². The third-order valence-corrected chi connectivity index (χ3v) is 8.87. The molecule has 3 aliphatic heterocycles. The van der Waals surface area contributed by atoms with Crippen LogP contribution in [0.2, 0.25) is 0 Å². The number of fused-ring (bicyclic) bond motifs is 1. The lowest BCUT2D eigenvalue weighted by molar-refractivity contribution is -0.121. The van der Waals surface area contributed by atoms with Crippen LogP contribution in [0.5, 0.6) is 0 Å². The minimum Gasteiger partial charge on any atom is -0.326 e. The van der Waals surface area contributed by atoms with Crippen LogP contribution in [-0.4, -0.2) is 64.6 Å². The first kappa shape index (κ1) is 21.6. The summed E-state index contributed by atoms with van der Waals surface area (Å²) in [6, 6.07) is 8.00. The van der Waals surface area contributed by atoms with Gasteiger partial charge in [-0.05, 0) is 57.3 Å². The first-order chi connectivity index (χ1) is 15.5.